The molecule has 1 fully saturated rings. The third-order valence-corrected chi connectivity index (χ3v) is 4.38. The van der Waals surface area contributed by atoms with Crippen LogP contribution in [0.1, 0.15) is 46.5 Å². The van der Waals surface area contributed by atoms with Crippen molar-refractivity contribution in [2.45, 2.75) is 52.0 Å². The fraction of sp³-hybridized carbons (Fsp3) is 0.786. The highest BCUT2D eigenvalue weighted by Crippen LogP contribution is 2.53. The summed E-state index contributed by atoms with van der Waals surface area (Å²) in [5.74, 6) is -0.379. The van der Waals surface area contributed by atoms with Gasteiger partial charge in [0.1, 0.15) is 0 Å². The zero-order valence-electron chi connectivity index (χ0n) is 11.3. The summed E-state index contributed by atoms with van der Waals surface area (Å²) in [6, 6.07) is 2.27. The molecular weight excluding hydrogens is 228 g/mol. The quantitative estimate of drug-likeness (QED) is 0.705. The van der Waals surface area contributed by atoms with Gasteiger partial charge in [0.25, 0.3) is 0 Å². The number of nitriles is 1. The minimum atomic E-state index is -0.996. The number of fused-ring (bicyclic) bond motifs is 1. The Hall–Kier alpha value is -1.37. The molecule has 4 nitrogen and oxygen atoms in total. The van der Waals surface area contributed by atoms with Gasteiger partial charge >= 0.3 is 5.97 Å². The van der Waals surface area contributed by atoms with Crippen molar-refractivity contribution in [3.05, 3.63) is 0 Å². The van der Waals surface area contributed by atoms with E-state index in [1.807, 2.05) is 6.92 Å². The molecule has 1 aliphatic carbocycles. The maximum absolute atomic E-state index is 12.2. The maximum atomic E-state index is 12.2. The summed E-state index contributed by atoms with van der Waals surface area (Å²) in [6.45, 7) is 6.16. The van der Waals surface area contributed by atoms with E-state index in [1.54, 1.807) is 6.92 Å². The number of esters is 1. The van der Waals surface area contributed by atoms with Gasteiger partial charge in [-0.3, -0.25) is 9.79 Å². The first-order valence-corrected chi connectivity index (χ1v) is 6.62. The Morgan fingerprint density at radius 1 is 1.61 bits per heavy atom. The Bertz CT molecular complexity index is 438. The van der Waals surface area contributed by atoms with E-state index in [4.69, 9.17) is 4.74 Å². The van der Waals surface area contributed by atoms with Crippen LogP contribution in [0, 0.1) is 22.7 Å². The van der Waals surface area contributed by atoms with Gasteiger partial charge in [-0.05, 0) is 46.5 Å². The van der Waals surface area contributed by atoms with Crippen molar-refractivity contribution >= 4 is 11.7 Å². The second kappa shape index (κ2) is 4.38. The van der Waals surface area contributed by atoms with Gasteiger partial charge in [-0.2, -0.15) is 5.26 Å². The molecule has 0 bridgehead atoms. The van der Waals surface area contributed by atoms with Crippen LogP contribution < -0.4 is 0 Å². The average Bonchev–Trinajstić information content (AvgIpc) is 2.63. The van der Waals surface area contributed by atoms with Gasteiger partial charge in [-0.15, -0.1) is 0 Å². The van der Waals surface area contributed by atoms with Gasteiger partial charge in [-0.1, -0.05) is 0 Å². The number of hydrogen-bond donors (Lipinski definition) is 0. The zero-order valence-corrected chi connectivity index (χ0v) is 11.3. The molecule has 0 radical (unpaired) electrons. The second-order valence-corrected chi connectivity index (χ2v) is 5.62. The average molecular weight is 248 g/mol. The lowest BCUT2D eigenvalue weighted by Gasteiger charge is -2.43. The molecule has 0 aromatic heterocycles. The number of carbonyl (C=O) groups is 1. The molecule has 0 N–H and O–H groups in total. The molecule has 3 atom stereocenters. The highest BCUT2D eigenvalue weighted by Gasteiger charge is 2.59. The van der Waals surface area contributed by atoms with Crippen LogP contribution >= 0.6 is 0 Å². The number of nitrogens with zero attached hydrogens (tertiary/aromatic N) is 2. The Balaban J connectivity index is 2.38. The fourth-order valence-electron chi connectivity index (χ4n) is 3.59. The van der Waals surface area contributed by atoms with Crippen LogP contribution in [0.5, 0.6) is 0 Å². The molecule has 4 heteroatoms. The topological polar surface area (TPSA) is 62.5 Å². The molecule has 18 heavy (non-hydrogen) atoms. The summed E-state index contributed by atoms with van der Waals surface area (Å²) in [5, 5.41) is 9.58. The first kappa shape index (κ1) is 13.1. The number of carbonyl (C=O) groups excluding carboxylic acids is 1. The van der Waals surface area contributed by atoms with E-state index in [9.17, 15) is 10.1 Å². The largest absolute Gasteiger partial charge is 0.465 e. The summed E-state index contributed by atoms with van der Waals surface area (Å²) < 4.78 is 5.15. The summed E-state index contributed by atoms with van der Waals surface area (Å²) >= 11 is 0. The summed E-state index contributed by atoms with van der Waals surface area (Å²) in [6.07, 6.45) is 3.16. The van der Waals surface area contributed by atoms with E-state index >= 15 is 0 Å². The minimum absolute atomic E-state index is 0.0252. The third-order valence-electron chi connectivity index (χ3n) is 4.38. The number of rotatable bonds is 2. The molecule has 2 rings (SSSR count). The van der Waals surface area contributed by atoms with Crippen molar-refractivity contribution in [3.8, 4) is 6.07 Å². The van der Waals surface area contributed by atoms with Crippen molar-refractivity contribution < 1.29 is 9.53 Å². The number of aliphatic imine (C=N–C) groups is 1. The molecule has 1 aliphatic heterocycles. The normalized spacial score (nSPS) is 38.6. The van der Waals surface area contributed by atoms with Crippen LogP contribution in [0.15, 0.2) is 4.99 Å². The second-order valence-electron chi connectivity index (χ2n) is 5.62. The van der Waals surface area contributed by atoms with Crippen molar-refractivity contribution in [1.82, 2.24) is 0 Å². The lowest BCUT2D eigenvalue weighted by atomic mass is 9.59. The van der Waals surface area contributed by atoms with Gasteiger partial charge in [0.15, 0.2) is 5.41 Å². The van der Waals surface area contributed by atoms with E-state index < -0.39 is 5.41 Å². The van der Waals surface area contributed by atoms with E-state index in [1.165, 1.54) is 0 Å². The summed E-state index contributed by atoms with van der Waals surface area (Å²) in [7, 11) is 0. The van der Waals surface area contributed by atoms with Gasteiger partial charge in [0.05, 0.1) is 18.2 Å². The molecule has 0 spiro atoms. The van der Waals surface area contributed by atoms with Crippen molar-refractivity contribution in [2.75, 3.05) is 6.61 Å². The molecule has 0 aromatic rings. The SMILES string of the molecule is CCOC(=O)[C@@]1(C#N)CCC[C@@]2(C)N=C(C)C[C@@H]21. The zero-order chi connectivity index (χ0) is 13.4. The van der Waals surface area contributed by atoms with Crippen LogP contribution in [0.4, 0.5) is 0 Å². The predicted octanol–water partition coefficient (Wildman–Crippen LogP) is 2.48. The highest BCUT2D eigenvalue weighted by molar-refractivity contribution is 5.88. The van der Waals surface area contributed by atoms with E-state index in [2.05, 4.69) is 18.0 Å². The van der Waals surface area contributed by atoms with Crippen LogP contribution in [0.3, 0.4) is 0 Å². The van der Waals surface area contributed by atoms with Crippen LogP contribution in [0.2, 0.25) is 0 Å². The molecule has 0 aromatic carbocycles. The van der Waals surface area contributed by atoms with Gasteiger partial charge in [0.2, 0.25) is 0 Å². The van der Waals surface area contributed by atoms with Crippen LogP contribution in [0.25, 0.3) is 0 Å². The Morgan fingerprint density at radius 2 is 2.33 bits per heavy atom. The molecular formula is C14H20N2O2. The monoisotopic (exact) mass is 248 g/mol. The highest BCUT2D eigenvalue weighted by atomic mass is 16.5. The first-order chi connectivity index (χ1) is 8.48. The smallest absolute Gasteiger partial charge is 0.326 e. The van der Waals surface area contributed by atoms with Crippen molar-refractivity contribution in [3.63, 3.8) is 0 Å². The molecule has 0 amide bonds. The van der Waals surface area contributed by atoms with E-state index in [-0.39, 0.29) is 17.4 Å². The summed E-state index contributed by atoms with van der Waals surface area (Å²) in [4.78, 5) is 16.9. The Labute approximate surface area is 108 Å². The number of hydrogen-bond acceptors (Lipinski definition) is 4. The Kier molecular flexibility index (Phi) is 3.18. The molecule has 0 saturated heterocycles. The molecule has 98 valence electrons. The lowest BCUT2D eigenvalue weighted by molar-refractivity contribution is -0.158. The molecule has 0 unspecified atom stereocenters. The van der Waals surface area contributed by atoms with Crippen LogP contribution in [-0.2, 0) is 9.53 Å². The predicted molar refractivity (Wildman–Crippen MR) is 68.2 cm³/mol. The van der Waals surface area contributed by atoms with E-state index in [0.717, 1.165) is 25.0 Å². The first-order valence-electron chi connectivity index (χ1n) is 6.62. The van der Waals surface area contributed by atoms with Crippen LogP contribution in [-0.4, -0.2) is 23.8 Å². The number of ether oxygens (including phenoxy) is 1. The molecule has 1 saturated carbocycles. The molecule has 1 heterocycles. The van der Waals surface area contributed by atoms with Gasteiger partial charge in [-0.25, -0.2) is 0 Å². The van der Waals surface area contributed by atoms with Crippen molar-refractivity contribution in [1.29, 1.82) is 5.26 Å². The minimum Gasteiger partial charge on any atom is -0.465 e. The standard InChI is InChI=1S/C14H20N2O2/c1-4-18-12(17)14(9-15)7-5-6-13(3)11(14)8-10(2)16-13/h11H,4-8H2,1-3H3/t11-,13+,14+/m0/s1. The van der Waals surface area contributed by atoms with Crippen molar-refractivity contribution in [2.24, 2.45) is 16.3 Å². The van der Waals surface area contributed by atoms with Gasteiger partial charge < -0.3 is 4.74 Å². The maximum Gasteiger partial charge on any atom is 0.326 e. The van der Waals surface area contributed by atoms with Gasteiger partial charge in [0, 0.05) is 11.6 Å². The van der Waals surface area contributed by atoms with E-state index in [0.29, 0.717) is 13.0 Å². The lowest BCUT2D eigenvalue weighted by Crippen LogP contribution is -2.50. The Morgan fingerprint density at radius 3 is 2.94 bits per heavy atom. The molecule has 2 aliphatic rings. The summed E-state index contributed by atoms with van der Waals surface area (Å²) in [5.41, 5.74) is -0.205. The fourth-order valence-corrected chi connectivity index (χ4v) is 3.59. The third kappa shape index (κ3) is 1.73.